The van der Waals surface area contributed by atoms with Crippen LogP contribution < -0.4 is 5.73 Å². The second-order valence-electron chi connectivity index (χ2n) is 8.15. The van der Waals surface area contributed by atoms with Crippen LogP contribution in [-0.4, -0.2) is 62.2 Å². The normalized spacial score (nSPS) is 35.0. The standard InChI is InChI=1S/C21H29FN2O4/c1-26-21(25)24-18-11-27-10-17(18)20(23)19(24)12-28-16-7-5-13(6-8-16)14-3-2-4-15(22)9-14/h2-4,9,13,16-20H,5-8,10-12,23H2,1H3. The first-order chi connectivity index (χ1) is 13.6. The Hall–Kier alpha value is -1.70. The predicted octanol–water partition coefficient (Wildman–Crippen LogP) is 2.66. The lowest BCUT2D eigenvalue weighted by atomic mass is 9.82. The maximum absolute atomic E-state index is 13.5. The van der Waals surface area contributed by atoms with Crippen LogP contribution in [0.1, 0.15) is 37.2 Å². The van der Waals surface area contributed by atoms with Crippen molar-refractivity contribution in [2.24, 2.45) is 11.7 Å². The van der Waals surface area contributed by atoms with Gasteiger partial charge in [0, 0.05) is 12.0 Å². The largest absolute Gasteiger partial charge is 0.453 e. The first kappa shape index (κ1) is 19.6. The van der Waals surface area contributed by atoms with E-state index in [-0.39, 0.29) is 42.1 Å². The molecule has 0 aromatic heterocycles. The molecule has 4 rings (SSSR count). The van der Waals surface area contributed by atoms with Gasteiger partial charge in [-0.1, -0.05) is 12.1 Å². The maximum atomic E-state index is 13.5. The van der Waals surface area contributed by atoms with E-state index in [4.69, 9.17) is 19.9 Å². The lowest BCUT2D eigenvalue weighted by molar-refractivity contribution is -0.0128. The molecule has 2 saturated heterocycles. The Labute approximate surface area is 165 Å². The monoisotopic (exact) mass is 392 g/mol. The molecule has 4 unspecified atom stereocenters. The summed E-state index contributed by atoms with van der Waals surface area (Å²) in [5.74, 6) is 0.340. The molecule has 7 heteroatoms. The number of hydrogen-bond acceptors (Lipinski definition) is 5. The van der Waals surface area contributed by atoms with Gasteiger partial charge in [-0.05, 0) is 49.3 Å². The quantitative estimate of drug-likeness (QED) is 0.853. The van der Waals surface area contributed by atoms with Gasteiger partial charge >= 0.3 is 6.09 Å². The van der Waals surface area contributed by atoms with Crippen molar-refractivity contribution in [2.45, 2.75) is 55.8 Å². The third kappa shape index (κ3) is 3.75. The highest BCUT2D eigenvalue weighted by molar-refractivity contribution is 5.69. The molecule has 154 valence electrons. The number of rotatable bonds is 4. The molecule has 6 nitrogen and oxygen atoms in total. The van der Waals surface area contributed by atoms with E-state index in [9.17, 15) is 9.18 Å². The van der Waals surface area contributed by atoms with Crippen molar-refractivity contribution in [1.29, 1.82) is 0 Å². The molecule has 1 aromatic rings. The summed E-state index contributed by atoms with van der Waals surface area (Å²) in [4.78, 5) is 14.0. The molecule has 2 N–H and O–H groups in total. The summed E-state index contributed by atoms with van der Waals surface area (Å²) in [5, 5.41) is 0. The van der Waals surface area contributed by atoms with Crippen LogP contribution in [0.25, 0.3) is 0 Å². The van der Waals surface area contributed by atoms with Gasteiger partial charge in [0.15, 0.2) is 0 Å². The average molecular weight is 392 g/mol. The number of halogens is 1. The first-order valence-electron chi connectivity index (χ1n) is 10.1. The van der Waals surface area contributed by atoms with E-state index in [0.29, 0.717) is 25.7 Å². The van der Waals surface area contributed by atoms with E-state index < -0.39 is 0 Å². The van der Waals surface area contributed by atoms with Crippen molar-refractivity contribution in [3.63, 3.8) is 0 Å². The third-order valence-electron chi connectivity index (χ3n) is 6.63. The van der Waals surface area contributed by atoms with Gasteiger partial charge < -0.3 is 19.9 Å². The fourth-order valence-corrected chi connectivity index (χ4v) is 5.06. The number of fused-ring (bicyclic) bond motifs is 1. The molecular formula is C21H29FN2O4. The van der Waals surface area contributed by atoms with Crippen LogP contribution >= 0.6 is 0 Å². The highest BCUT2D eigenvalue weighted by Gasteiger charge is 2.52. The molecule has 3 fully saturated rings. The second-order valence-corrected chi connectivity index (χ2v) is 8.15. The molecule has 1 amide bonds. The van der Waals surface area contributed by atoms with E-state index in [1.807, 2.05) is 6.07 Å². The molecule has 4 atom stereocenters. The Morgan fingerprint density at radius 2 is 2.07 bits per heavy atom. The van der Waals surface area contributed by atoms with Crippen molar-refractivity contribution in [3.05, 3.63) is 35.6 Å². The minimum Gasteiger partial charge on any atom is -0.453 e. The minimum absolute atomic E-state index is 0.0280. The van der Waals surface area contributed by atoms with E-state index >= 15 is 0 Å². The summed E-state index contributed by atoms with van der Waals surface area (Å²) in [6.45, 7) is 1.50. The number of likely N-dealkylation sites (tertiary alicyclic amines) is 1. The van der Waals surface area contributed by atoms with Crippen LogP contribution in [0.5, 0.6) is 0 Å². The van der Waals surface area contributed by atoms with Gasteiger partial charge in [-0.25, -0.2) is 9.18 Å². The lowest BCUT2D eigenvalue weighted by Crippen LogP contribution is -2.49. The number of carbonyl (C=O) groups is 1. The molecule has 1 aliphatic carbocycles. The molecule has 0 radical (unpaired) electrons. The van der Waals surface area contributed by atoms with Gasteiger partial charge in [-0.15, -0.1) is 0 Å². The van der Waals surface area contributed by atoms with Crippen molar-refractivity contribution in [2.75, 3.05) is 26.9 Å². The van der Waals surface area contributed by atoms with Crippen molar-refractivity contribution < 1.29 is 23.4 Å². The van der Waals surface area contributed by atoms with Gasteiger partial charge in [0.25, 0.3) is 0 Å². The van der Waals surface area contributed by atoms with Crippen LogP contribution in [0.4, 0.5) is 9.18 Å². The number of amides is 1. The Morgan fingerprint density at radius 3 is 2.79 bits per heavy atom. The molecule has 0 bridgehead atoms. The summed E-state index contributed by atoms with van der Waals surface area (Å²) in [6.07, 6.45) is 3.59. The van der Waals surface area contributed by atoms with Gasteiger partial charge in [0.05, 0.1) is 45.1 Å². The Bertz CT molecular complexity index is 695. The number of nitrogens with zero attached hydrogens (tertiary/aromatic N) is 1. The Balaban J connectivity index is 1.32. The van der Waals surface area contributed by atoms with Crippen molar-refractivity contribution in [3.8, 4) is 0 Å². The van der Waals surface area contributed by atoms with Crippen LogP contribution in [-0.2, 0) is 14.2 Å². The summed E-state index contributed by atoms with van der Waals surface area (Å²) in [6, 6.07) is 6.51. The molecule has 3 aliphatic rings. The molecule has 28 heavy (non-hydrogen) atoms. The number of benzene rings is 1. The number of ether oxygens (including phenoxy) is 3. The summed E-state index contributed by atoms with van der Waals surface area (Å²) in [5.41, 5.74) is 7.50. The summed E-state index contributed by atoms with van der Waals surface area (Å²) < 4.78 is 30.2. The van der Waals surface area contributed by atoms with Crippen LogP contribution in [0.3, 0.4) is 0 Å². The Kier molecular flexibility index (Phi) is 5.85. The average Bonchev–Trinajstić information content (AvgIpc) is 3.28. The van der Waals surface area contributed by atoms with Crippen LogP contribution in [0.15, 0.2) is 24.3 Å². The lowest BCUT2D eigenvalue weighted by Gasteiger charge is -2.33. The van der Waals surface area contributed by atoms with E-state index in [0.717, 1.165) is 31.2 Å². The van der Waals surface area contributed by atoms with E-state index in [1.54, 1.807) is 17.0 Å². The van der Waals surface area contributed by atoms with Gasteiger partial charge in [-0.2, -0.15) is 0 Å². The third-order valence-corrected chi connectivity index (χ3v) is 6.63. The van der Waals surface area contributed by atoms with Crippen molar-refractivity contribution in [1.82, 2.24) is 4.90 Å². The SMILES string of the molecule is COC(=O)N1C(COC2CCC(c3cccc(F)c3)CC2)C(N)C2COCC21. The molecular weight excluding hydrogens is 363 g/mol. The zero-order valence-electron chi connectivity index (χ0n) is 16.3. The zero-order chi connectivity index (χ0) is 19.7. The number of carbonyl (C=O) groups excluding carboxylic acids is 1. The highest BCUT2D eigenvalue weighted by atomic mass is 19.1. The van der Waals surface area contributed by atoms with Gasteiger partial charge in [0.2, 0.25) is 0 Å². The number of nitrogens with two attached hydrogens (primary N) is 1. The topological polar surface area (TPSA) is 74.0 Å². The van der Waals surface area contributed by atoms with Crippen LogP contribution in [0, 0.1) is 11.7 Å². The van der Waals surface area contributed by atoms with E-state index in [1.165, 1.54) is 13.2 Å². The number of methoxy groups -OCH3 is 1. The zero-order valence-corrected chi connectivity index (χ0v) is 16.3. The minimum atomic E-state index is -0.364. The van der Waals surface area contributed by atoms with E-state index in [2.05, 4.69) is 0 Å². The van der Waals surface area contributed by atoms with Crippen LogP contribution in [0.2, 0.25) is 0 Å². The molecule has 2 heterocycles. The number of hydrogen-bond donors (Lipinski definition) is 1. The predicted molar refractivity (Wildman–Crippen MR) is 101 cm³/mol. The summed E-state index contributed by atoms with van der Waals surface area (Å²) >= 11 is 0. The molecule has 0 spiro atoms. The van der Waals surface area contributed by atoms with Gasteiger partial charge in [-0.3, -0.25) is 4.90 Å². The maximum Gasteiger partial charge on any atom is 0.410 e. The summed E-state index contributed by atoms with van der Waals surface area (Å²) in [7, 11) is 1.39. The highest BCUT2D eigenvalue weighted by Crippen LogP contribution is 2.37. The van der Waals surface area contributed by atoms with Gasteiger partial charge in [0.1, 0.15) is 5.82 Å². The molecule has 1 aromatic carbocycles. The molecule has 2 aliphatic heterocycles. The molecule has 1 saturated carbocycles. The first-order valence-corrected chi connectivity index (χ1v) is 10.1. The fourth-order valence-electron chi connectivity index (χ4n) is 5.06. The Morgan fingerprint density at radius 1 is 1.29 bits per heavy atom. The smallest absolute Gasteiger partial charge is 0.410 e. The van der Waals surface area contributed by atoms with Crippen molar-refractivity contribution >= 4 is 6.09 Å². The second kappa shape index (κ2) is 8.35. The fraction of sp³-hybridized carbons (Fsp3) is 0.667.